The summed E-state index contributed by atoms with van der Waals surface area (Å²) in [7, 11) is 0. The molecule has 0 bridgehead atoms. The molecule has 0 saturated carbocycles. The van der Waals surface area contributed by atoms with E-state index in [1.54, 1.807) is 30.0 Å². The van der Waals surface area contributed by atoms with Crippen LogP contribution in [-0.2, 0) is 6.54 Å². The number of furan rings is 1. The van der Waals surface area contributed by atoms with Gasteiger partial charge in [-0.15, -0.1) is 11.3 Å². The summed E-state index contributed by atoms with van der Waals surface area (Å²) in [6, 6.07) is 9.97. The molecule has 124 valence electrons. The Labute approximate surface area is 149 Å². The van der Waals surface area contributed by atoms with Gasteiger partial charge >= 0.3 is 0 Å². The van der Waals surface area contributed by atoms with Gasteiger partial charge in [0.05, 0.1) is 18.5 Å². The maximum Gasteiger partial charge on any atom is 0.223 e. The molecular weight excluding hydrogens is 332 g/mol. The molecule has 1 N–H and O–H groups in total. The number of nitrogens with zero attached hydrogens (tertiary/aromatic N) is 3. The van der Waals surface area contributed by atoms with Gasteiger partial charge in [0, 0.05) is 34.6 Å². The molecule has 0 saturated heterocycles. The van der Waals surface area contributed by atoms with Crippen molar-refractivity contribution in [2.45, 2.75) is 13.5 Å². The largest absolute Gasteiger partial charge is 0.469 e. The fourth-order valence-corrected chi connectivity index (χ4v) is 3.27. The van der Waals surface area contributed by atoms with E-state index >= 15 is 0 Å². The zero-order valence-corrected chi connectivity index (χ0v) is 14.5. The number of aryl methyl sites for hydroxylation is 1. The Morgan fingerprint density at radius 2 is 2.00 bits per heavy atom. The van der Waals surface area contributed by atoms with E-state index in [9.17, 15) is 0 Å². The monoisotopic (exact) mass is 348 g/mol. The average Bonchev–Trinajstić information content (AvgIpc) is 3.32. The van der Waals surface area contributed by atoms with Gasteiger partial charge in [0.15, 0.2) is 0 Å². The minimum absolute atomic E-state index is 0.599. The zero-order valence-electron chi connectivity index (χ0n) is 13.6. The van der Waals surface area contributed by atoms with Crippen LogP contribution < -0.4 is 5.32 Å². The highest BCUT2D eigenvalue weighted by molar-refractivity contribution is 7.09. The summed E-state index contributed by atoms with van der Waals surface area (Å²) in [4.78, 5) is 14.6. The van der Waals surface area contributed by atoms with E-state index in [4.69, 9.17) is 9.40 Å². The molecule has 4 rings (SSSR count). The second-order valence-corrected chi connectivity index (χ2v) is 6.55. The fraction of sp³-hybridized carbons (Fsp3) is 0.105. The molecule has 0 atom stereocenters. The van der Waals surface area contributed by atoms with Crippen molar-refractivity contribution < 1.29 is 4.42 Å². The van der Waals surface area contributed by atoms with Crippen LogP contribution in [0, 0.1) is 6.92 Å². The SMILES string of the molecule is Cc1occc1-c1nc(NCc2cccs2)ncc1-c1ccncc1. The first kappa shape index (κ1) is 15.5. The molecule has 5 nitrogen and oxygen atoms in total. The van der Waals surface area contributed by atoms with Crippen LogP contribution in [0.3, 0.4) is 0 Å². The second kappa shape index (κ2) is 6.86. The van der Waals surface area contributed by atoms with Crippen molar-refractivity contribution in [3.63, 3.8) is 0 Å². The molecule has 0 spiro atoms. The average molecular weight is 348 g/mol. The summed E-state index contributed by atoms with van der Waals surface area (Å²) >= 11 is 1.71. The van der Waals surface area contributed by atoms with E-state index < -0.39 is 0 Å². The first-order valence-electron chi connectivity index (χ1n) is 7.89. The molecule has 0 radical (unpaired) electrons. The Bertz CT molecular complexity index is 964. The third-order valence-corrected chi connectivity index (χ3v) is 4.77. The third-order valence-electron chi connectivity index (χ3n) is 3.89. The van der Waals surface area contributed by atoms with Gasteiger partial charge in [0.25, 0.3) is 0 Å². The van der Waals surface area contributed by atoms with E-state index in [1.165, 1.54) is 4.88 Å². The number of aromatic nitrogens is 3. The van der Waals surface area contributed by atoms with Crippen LogP contribution in [0.25, 0.3) is 22.4 Å². The maximum absolute atomic E-state index is 5.48. The van der Waals surface area contributed by atoms with Crippen molar-refractivity contribution in [1.29, 1.82) is 0 Å². The lowest BCUT2D eigenvalue weighted by Gasteiger charge is -2.11. The molecule has 0 fully saturated rings. The Balaban J connectivity index is 1.73. The van der Waals surface area contributed by atoms with E-state index in [2.05, 4.69) is 26.7 Å². The highest BCUT2D eigenvalue weighted by Gasteiger charge is 2.15. The molecule has 25 heavy (non-hydrogen) atoms. The number of hydrogen-bond acceptors (Lipinski definition) is 6. The zero-order chi connectivity index (χ0) is 17.1. The fourth-order valence-electron chi connectivity index (χ4n) is 2.63. The van der Waals surface area contributed by atoms with Crippen LogP contribution in [0.1, 0.15) is 10.6 Å². The number of nitrogens with one attached hydrogen (secondary N) is 1. The van der Waals surface area contributed by atoms with Gasteiger partial charge in [0.1, 0.15) is 5.76 Å². The van der Waals surface area contributed by atoms with E-state index in [0.717, 1.165) is 28.1 Å². The van der Waals surface area contributed by atoms with Crippen molar-refractivity contribution in [2.24, 2.45) is 0 Å². The maximum atomic E-state index is 5.48. The molecule has 0 amide bonds. The Morgan fingerprint density at radius 1 is 1.12 bits per heavy atom. The third kappa shape index (κ3) is 3.29. The second-order valence-electron chi connectivity index (χ2n) is 5.52. The first-order valence-corrected chi connectivity index (χ1v) is 8.77. The molecule has 4 aromatic rings. The van der Waals surface area contributed by atoms with Crippen molar-refractivity contribution in [2.75, 3.05) is 5.32 Å². The molecule has 0 aliphatic rings. The summed E-state index contributed by atoms with van der Waals surface area (Å²) in [5, 5.41) is 5.35. The van der Waals surface area contributed by atoms with E-state index in [0.29, 0.717) is 12.5 Å². The van der Waals surface area contributed by atoms with Crippen LogP contribution in [-0.4, -0.2) is 15.0 Å². The van der Waals surface area contributed by atoms with E-state index in [-0.39, 0.29) is 0 Å². The number of thiophene rings is 1. The number of pyridine rings is 1. The van der Waals surface area contributed by atoms with Crippen LogP contribution in [0.5, 0.6) is 0 Å². The first-order chi connectivity index (χ1) is 12.3. The lowest BCUT2D eigenvalue weighted by Crippen LogP contribution is -2.04. The summed E-state index contributed by atoms with van der Waals surface area (Å²) < 4.78 is 5.48. The van der Waals surface area contributed by atoms with Crippen LogP contribution in [0.4, 0.5) is 5.95 Å². The Hall–Kier alpha value is -2.99. The lowest BCUT2D eigenvalue weighted by atomic mass is 10.0. The molecular formula is C19H16N4OS. The van der Waals surface area contributed by atoms with Gasteiger partial charge in [-0.05, 0) is 42.1 Å². The summed E-state index contributed by atoms with van der Waals surface area (Å²) in [6.07, 6.45) is 7.07. The minimum Gasteiger partial charge on any atom is -0.469 e. The van der Waals surface area contributed by atoms with Crippen molar-refractivity contribution >= 4 is 17.3 Å². The van der Waals surface area contributed by atoms with Gasteiger partial charge in [0.2, 0.25) is 5.95 Å². The molecule has 4 aromatic heterocycles. The highest BCUT2D eigenvalue weighted by Crippen LogP contribution is 2.32. The number of hydrogen-bond donors (Lipinski definition) is 1. The molecule has 0 aliphatic heterocycles. The molecule has 4 heterocycles. The predicted octanol–water partition coefficient (Wildman–Crippen LogP) is 4.78. The summed E-state index contributed by atoms with van der Waals surface area (Å²) in [5.41, 5.74) is 3.79. The number of rotatable bonds is 5. The van der Waals surface area contributed by atoms with Crippen LogP contribution in [0.15, 0.2) is 65.0 Å². The highest BCUT2D eigenvalue weighted by atomic mass is 32.1. The van der Waals surface area contributed by atoms with Crippen molar-refractivity contribution in [3.8, 4) is 22.4 Å². The number of anilines is 1. The molecule has 0 unspecified atom stereocenters. The topological polar surface area (TPSA) is 63.8 Å². The predicted molar refractivity (Wildman–Crippen MR) is 99.3 cm³/mol. The smallest absolute Gasteiger partial charge is 0.223 e. The van der Waals surface area contributed by atoms with Gasteiger partial charge in [-0.25, -0.2) is 9.97 Å². The van der Waals surface area contributed by atoms with Gasteiger partial charge in [-0.3, -0.25) is 4.98 Å². The lowest BCUT2D eigenvalue weighted by molar-refractivity contribution is 0.535. The molecule has 0 aliphatic carbocycles. The minimum atomic E-state index is 0.599. The van der Waals surface area contributed by atoms with Gasteiger partial charge in [-0.1, -0.05) is 6.07 Å². The molecule has 0 aromatic carbocycles. The van der Waals surface area contributed by atoms with E-state index in [1.807, 2.05) is 37.4 Å². The summed E-state index contributed by atoms with van der Waals surface area (Å²) in [5.74, 6) is 1.43. The van der Waals surface area contributed by atoms with Gasteiger partial charge in [-0.2, -0.15) is 0 Å². The standard InChI is InChI=1S/C19H16N4OS/c1-13-16(6-9-24-13)18-17(14-4-7-20-8-5-14)12-22-19(23-18)21-11-15-3-2-10-25-15/h2-10,12H,11H2,1H3,(H,21,22,23). The summed E-state index contributed by atoms with van der Waals surface area (Å²) in [6.45, 7) is 2.64. The normalized spacial score (nSPS) is 10.8. The van der Waals surface area contributed by atoms with Crippen LogP contribution >= 0.6 is 11.3 Å². The Kier molecular flexibility index (Phi) is 4.26. The van der Waals surface area contributed by atoms with Gasteiger partial charge < -0.3 is 9.73 Å². The van der Waals surface area contributed by atoms with Crippen molar-refractivity contribution in [1.82, 2.24) is 15.0 Å². The molecule has 6 heteroatoms. The van der Waals surface area contributed by atoms with Crippen LogP contribution in [0.2, 0.25) is 0 Å². The quantitative estimate of drug-likeness (QED) is 0.562. The Morgan fingerprint density at radius 3 is 2.72 bits per heavy atom. The van der Waals surface area contributed by atoms with Crippen molar-refractivity contribution in [3.05, 3.63) is 71.2 Å².